The molecule has 0 bridgehead atoms. The Hall–Kier alpha value is -1.53. The van der Waals surface area contributed by atoms with Crippen molar-refractivity contribution in [3.63, 3.8) is 0 Å². The van der Waals surface area contributed by atoms with E-state index in [1.54, 1.807) is 24.3 Å². The number of hydrogen-bond donors (Lipinski definition) is 2. The van der Waals surface area contributed by atoms with Crippen molar-refractivity contribution < 1.29 is 23.4 Å². The van der Waals surface area contributed by atoms with Crippen LogP contribution in [-0.4, -0.2) is 36.2 Å². The van der Waals surface area contributed by atoms with E-state index in [9.17, 15) is 18.7 Å². The molecule has 2 fully saturated rings. The molecule has 0 radical (unpaired) electrons. The second-order valence-electron chi connectivity index (χ2n) is 7.28. The van der Waals surface area contributed by atoms with Crippen LogP contribution in [0, 0.1) is 12.8 Å². The molecular weight excluding hydrogens is 328 g/mol. The van der Waals surface area contributed by atoms with Crippen molar-refractivity contribution in [3.05, 3.63) is 35.4 Å². The fraction of sp³-hybridized carbons (Fsp3) is 0.632. The molecule has 1 aliphatic carbocycles. The highest BCUT2D eigenvalue weighted by molar-refractivity contribution is 5.82. The number of alkyl halides is 2. The topological polar surface area (TPSA) is 58.6 Å². The zero-order valence-corrected chi connectivity index (χ0v) is 14.4. The van der Waals surface area contributed by atoms with E-state index in [0.29, 0.717) is 18.4 Å². The third kappa shape index (κ3) is 3.85. The molecule has 25 heavy (non-hydrogen) atoms. The lowest BCUT2D eigenvalue weighted by Crippen LogP contribution is -2.46. The molecule has 2 atom stereocenters. The predicted molar refractivity (Wildman–Crippen MR) is 89.3 cm³/mol. The number of rotatable bonds is 4. The molecule has 1 saturated heterocycles. The summed E-state index contributed by atoms with van der Waals surface area (Å²) in [5.74, 6) is -4.50. The molecule has 4 nitrogen and oxygen atoms in total. The number of aliphatic hydroxyl groups is 1. The Bertz CT molecular complexity index is 614. The normalized spacial score (nSPS) is 26.2. The van der Waals surface area contributed by atoms with Crippen molar-refractivity contribution in [3.8, 4) is 0 Å². The molecule has 1 saturated carbocycles. The molecule has 3 rings (SSSR count). The summed E-state index contributed by atoms with van der Waals surface area (Å²) < 4.78 is 33.1. The summed E-state index contributed by atoms with van der Waals surface area (Å²) in [6.07, 6.45) is 0.323. The van der Waals surface area contributed by atoms with E-state index < -0.39 is 29.8 Å². The Balaban J connectivity index is 1.88. The maximum atomic E-state index is 13.8. The lowest BCUT2D eigenvalue weighted by Gasteiger charge is -2.34. The van der Waals surface area contributed by atoms with Gasteiger partial charge in [0.05, 0.1) is 0 Å². The van der Waals surface area contributed by atoms with Crippen LogP contribution in [0.2, 0.25) is 0 Å². The number of nitrogens with one attached hydrogen (secondary N) is 1. The number of ether oxygens (including phenoxy) is 1. The van der Waals surface area contributed by atoms with Crippen LogP contribution in [0.1, 0.15) is 43.2 Å². The molecule has 2 aliphatic rings. The number of benzene rings is 1. The maximum absolute atomic E-state index is 13.8. The van der Waals surface area contributed by atoms with Gasteiger partial charge in [-0.05, 0) is 44.8 Å². The summed E-state index contributed by atoms with van der Waals surface area (Å²) >= 11 is 0. The van der Waals surface area contributed by atoms with Crippen molar-refractivity contribution in [1.82, 2.24) is 5.32 Å². The molecule has 0 unspecified atom stereocenters. The summed E-state index contributed by atoms with van der Waals surface area (Å²) in [5, 5.41) is 14.5. The summed E-state index contributed by atoms with van der Waals surface area (Å²) in [6, 6.07) is 6.81. The van der Waals surface area contributed by atoms with Gasteiger partial charge in [-0.15, -0.1) is 0 Å². The first-order valence-corrected chi connectivity index (χ1v) is 8.90. The SMILES string of the molecule is Cc1ccc([C@@](O)(C(=O)OC2CCNCC2)[C@@H]2CCC(F)(F)C2)cc1. The van der Waals surface area contributed by atoms with Gasteiger partial charge in [-0.3, -0.25) is 0 Å². The van der Waals surface area contributed by atoms with Gasteiger partial charge >= 0.3 is 5.97 Å². The second-order valence-corrected chi connectivity index (χ2v) is 7.28. The van der Waals surface area contributed by atoms with Crippen LogP contribution >= 0.6 is 0 Å². The van der Waals surface area contributed by atoms with E-state index in [0.717, 1.165) is 18.7 Å². The lowest BCUT2D eigenvalue weighted by molar-refractivity contribution is -0.181. The summed E-state index contributed by atoms with van der Waals surface area (Å²) in [5.41, 5.74) is -0.729. The minimum absolute atomic E-state index is 0.0959. The van der Waals surface area contributed by atoms with Gasteiger partial charge in [0.1, 0.15) is 6.10 Å². The van der Waals surface area contributed by atoms with Crippen LogP contribution in [0.4, 0.5) is 8.78 Å². The van der Waals surface area contributed by atoms with E-state index in [-0.39, 0.29) is 18.9 Å². The minimum atomic E-state index is -2.85. The van der Waals surface area contributed by atoms with Crippen LogP contribution in [0.5, 0.6) is 0 Å². The Morgan fingerprint density at radius 1 is 1.24 bits per heavy atom. The highest BCUT2D eigenvalue weighted by Gasteiger charge is 2.54. The highest BCUT2D eigenvalue weighted by atomic mass is 19.3. The molecular formula is C19H25F2NO3. The van der Waals surface area contributed by atoms with Crippen molar-refractivity contribution >= 4 is 5.97 Å². The molecule has 0 aromatic heterocycles. The Labute approximate surface area is 146 Å². The predicted octanol–water partition coefficient (Wildman–Crippen LogP) is 2.91. The largest absolute Gasteiger partial charge is 0.460 e. The average Bonchev–Trinajstić information content (AvgIpc) is 2.96. The number of hydrogen-bond acceptors (Lipinski definition) is 4. The Morgan fingerprint density at radius 3 is 2.44 bits per heavy atom. The molecule has 6 heteroatoms. The third-order valence-corrected chi connectivity index (χ3v) is 5.36. The number of halogens is 2. The second kappa shape index (κ2) is 7.00. The fourth-order valence-corrected chi connectivity index (χ4v) is 3.79. The Morgan fingerprint density at radius 2 is 1.88 bits per heavy atom. The quantitative estimate of drug-likeness (QED) is 0.817. The van der Waals surface area contributed by atoms with Crippen molar-refractivity contribution in [2.45, 2.75) is 56.7 Å². The van der Waals surface area contributed by atoms with Crippen molar-refractivity contribution in [1.29, 1.82) is 0 Å². The van der Waals surface area contributed by atoms with Crippen molar-refractivity contribution in [2.24, 2.45) is 5.92 Å². The zero-order chi connectivity index (χ0) is 18.1. The number of aryl methyl sites for hydroxylation is 1. The van der Waals surface area contributed by atoms with Gasteiger partial charge in [0.2, 0.25) is 5.92 Å². The maximum Gasteiger partial charge on any atom is 0.343 e. The molecule has 1 aromatic carbocycles. The van der Waals surface area contributed by atoms with Gasteiger partial charge in [0.15, 0.2) is 5.60 Å². The number of carbonyl (C=O) groups excluding carboxylic acids is 1. The smallest absolute Gasteiger partial charge is 0.343 e. The average molecular weight is 353 g/mol. The van der Waals surface area contributed by atoms with Gasteiger partial charge in [-0.25, -0.2) is 13.6 Å². The van der Waals surface area contributed by atoms with Crippen LogP contribution in [-0.2, 0) is 15.1 Å². The molecule has 138 valence electrons. The zero-order valence-electron chi connectivity index (χ0n) is 14.4. The fourth-order valence-electron chi connectivity index (χ4n) is 3.79. The van der Waals surface area contributed by atoms with Crippen LogP contribution in [0.15, 0.2) is 24.3 Å². The summed E-state index contributed by atoms with van der Waals surface area (Å²) in [4.78, 5) is 12.9. The molecule has 1 aliphatic heterocycles. The van der Waals surface area contributed by atoms with E-state index in [4.69, 9.17) is 4.74 Å². The molecule has 1 heterocycles. The molecule has 1 aromatic rings. The first kappa shape index (κ1) is 18.3. The van der Waals surface area contributed by atoms with Gasteiger partial charge in [-0.1, -0.05) is 29.8 Å². The minimum Gasteiger partial charge on any atom is -0.460 e. The van der Waals surface area contributed by atoms with Gasteiger partial charge in [0, 0.05) is 18.8 Å². The number of piperidine rings is 1. The van der Waals surface area contributed by atoms with E-state index >= 15 is 0 Å². The van der Waals surface area contributed by atoms with Gasteiger partial charge in [-0.2, -0.15) is 0 Å². The third-order valence-electron chi connectivity index (χ3n) is 5.36. The molecule has 0 amide bonds. The highest BCUT2D eigenvalue weighted by Crippen LogP contribution is 2.48. The van der Waals surface area contributed by atoms with E-state index in [2.05, 4.69) is 5.32 Å². The number of carbonyl (C=O) groups is 1. The van der Waals surface area contributed by atoms with Crippen LogP contribution in [0.25, 0.3) is 0 Å². The van der Waals surface area contributed by atoms with Gasteiger partial charge < -0.3 is 15.2 Å². The standard InChI is InChI=1S/C19H25F2NO3/c1-13-2-4-14(5-3-13)19(24,15-6-9-18(20,21)12-15)17(23)25-16-7-10-22-11-8-16/h2-5,15-16,22,24H,6-12H2,1H3/t15-,19+/m1/s1. The monoisotopic (exact) mass is 353 g/mol. The van der Waals surface area contributed by atoms with Crippen LogP contribution < -0.4 is 5.32 Å². The molecule has 0 spiro atoms. The summed E-state index contributed by atoms with van der Waals surface area (Å²) in [6.45, 7) is 3.37. The van der Waals surface area contributed by atoms with Crippen molar-refractivity contribution in [2.75, 3.05) is 13.1 Å². The van der Waals surface area contributed by atoms with Crippen LogP contribution in [0.3, 0.4) is 0 Å². The van der Waals surface area contributed by atoms with E-state index in [1.165, 1.54) is 0 Å². The van der Waals surface area contributed by atoms with E-state index in [1.807, 2.05) is 6.92 Å². The lowest BCUT2D eigenvalue weighted by atomic mass is 9.79. The first-order valence-electron chi connectivity index (χ1n) is 8.90. The summed E-state index contributed by atoms with van der Waals surface area (Å²) in [7, 11) is 0. The van der Waals surface area contributed by atoms with Gasteiger partial charge in [0.25, 0.3) is 0 Å². The molecule has 2 N–H and O–H groups in total. The Kier molecular flexibility index (Phi) is 5.11. The first-order chi connectivity index (χ1) is 11.8. The number of esters is 1.